The molecule has 0 N–H and O–H groups in total. The highest BCUT2D eigenvalue weighted by Gasteiger charge is 2.28. The molecule has 0 bridgehead atoms. The molecule has 230 valence electrons. The number of halogens is 1. The van der Waals surface area contributed by atoms with Gasteiger partial charge in [0, 0.05) is 28.1 Å². The molecule has 4 aromatic rings. The topological polar surface area (TPSA) is 191 Å². The molecule has 2 aromatic heterocycles. The minimum absolute atomic E-state index is 0.0673. The Labute approximate surface area is 260 Å². The summed E-state index contributed by atoms with van der Waals surface area (Å²) in [6, 6.07) is 23.8. The van der Waals surface area contributed by atoms with E-state index in [1.807, 2.05) is 36.4 Å². The van der Waals surface area contributed by atoms with Crippen molar-refractivity contribution in [2.24, 2.45) is 0 Å². The van der Waals surface area contributed by atoms with Gasteiger partial charge in [-0.15, -0.1) is 0 Å². The first-order valence-corrected chi connectivity index (χ1v) is 15.0. The van der Waals surface area contributed by atoms with Crippen LogP contribution in [-0.4, -0.2) is 47.1 Å². The molecule has 0 unspecified atom stereocenters. The van der Waals surface area contributed by atoms with E-state index in [0.29, 0.717) is 4.60 Å². The van der Waals surface area contributed by atoms with Crippen LogP contribution in [0.25, 0.3) is 0 Å². The van der Waals surface area contributed by atoms with E-state index in [1.54, 1.807) is 30.3 Å². The van der Waals surface area contributed by atoms with Crippen molar-refractivity contribution in [2.75, 3.05) is 12.9 Å². The van der Waals surface area contributed by atoms with Crippen LogP contribution in [0.15, 0.2) is 94.6 Å². The molecule has 0 atom stereocenters. The Morgan fingerprint density at radius 2 is 1.25 bits per heavy atom. The molecular weight excluding hydrogens is 664 g/mol. The summed E-state index contributed by atoms with van der Waals surface area (Å²) in [6.07, 6.45) is -0.374. The second-order valence-electron chi connectivity index (χ2n) is 8.63. The smallest absolute Gasteiger partial charge is 0.407 e. The maximum Gasteiger partial charge on any atom is 0.407 e. The lowest BCUT2D eigenvalue weighted by Gasteiger charge is -2.07. The van der Waals surface area contributed by atoms with Gasteiger partial charge in [-0.3, -0.25) is 4.79 Å². The first-order chi connectivity index (χ1) is 21.0. The molecule has 0 spiro atoms. The van der Waals surface area contributed by atoms with Crippen LogP contribution in [-0.2, 0) is 32.6 Å². The molecule has 0 saturated carbocycles. The van der Waals surface area contributed by atoms with E-state index in [1.165, 1.54) is 12.1 Å². The molecule has 44 heavy (non-hydrogen) atoms. The van der Waals surface area contributed by atoms with E-state index in [-0.39, 0.29) is 37.0 Å². The number of hydrogen-bond donors (Lipinski definition) is 0. The average molecular weight is 689 g/mol. The number of esters is 1. The molecule has 0 radical (unpaired) electrons. The van der Waals surface area contributed by atoms with Crippen LogP contribution in [0.4, 0.5) is 11.6 Å². The highest BCUT2D eigenvalue weighted by molar-refractivity contribution is 9.10. The standard InChI is InChI=1S/C16H16N2O7S.C12H9BrN2O3/c1-24-15(19)9-10-26(22,23)14-8-7-13(16(17-14)18(20)21)25-11-12-5-3-2-4-6-12;13-11-7-6-10(12(14-11)15(16)17)18-8-9-4-2-1-3-5-9/h2-8H,9-11H2,1H3;1-7H,8H2. The lowest BCUT2D eigenvalue weighted by Crippen LogP contribution is -2.14. The summed E-state index contributed by atoms with van der Waals surface area (Å²) < 4.78 is 40.0. The molecule has 14 nitrogen and oxygen atoms in total. The number of rotatable bonds is 12. The zero-order chi connectivity index (χ0) is 32.1. The monoisotopic (exact) mass is 688 g/mol. The highest BCUT2D eigenvalue weighted by Crippen LogP contribution is 2.28. The fraction of sp³-hybridized carbons (Fsp3) is 0.179. The molecule has 4 rings (SSSR count). The van der Waals surface area contributed by atoms with Crippen LogP contribution >= 0.6 is 15.9 Å². The fourth-order valence-electron chi connectivity index (χ4n) is 3.39. The number of methoxy groups -OCH3 is 1. The van der Waals surface area contributed by atoms with E-state index in [4.69, 9.17) is 9.47 Å². The van der Waals surface area contributed by atoms with Gasteiger partial charge in [-0.25, -0.2) is 8.42 Å². The SMILES string of the molecule is COC(=O)CCS(=O)(=O)c1ccc(OCc2ccccc2)c([N+](=O)[O-])n1.O=[N+]([O-])c1nc(Br)ccc1OCc1ccccc1. The van der Waals surface area contributed by atoms with Gasteiger partial charge < -0.3 is 34.4 Å². The molecule has 0 fully saturated rings. The zero-order valence-corrected chi connectivity index (χ0v) is 25.5. The van der Waals surface area contributed by atoms with Gasteiger partial charge in [-0.1, -0.05) is 60.7 Å². The van der Waals surface area contributed by atoms with E-state index in [9.17, 15) is 33.4 Å². The van der Waals surface area contributed by atoms with E-state index in [0.717, 1.165) is 24.3 Å². The molecule has 16 heteroatoms. The Morgan fingerprint density at radius 1 is 0.773 bits per heavy atom. The van der Waals surface area contributed by atoms with Crippen molar-refractivity contribution < 1.29 is 37.3 Å². The van der Waals surface area contributed by atoms with Crippen molar-refractivity contribution in [2.45, 2.75) is 24.7 Å². The van der Waals surface area contributed by atoms with Crippen LogP contribution in [0.2, 0.25) is 0 Å². The number of ether oxygens (including phenoxy) is 3. The third-order valence-electron chi connectivity index (χ3n) is 5.56. The van der Waals surface area contributed by atoms with Crippen molar-refractivity contribution >= 4 is 43.4 Å². The normalized spacial score (nSPS) is 10.6. The van der Waals surface area contributed by atoms with Gasteiger partial charge in [-0.2, -0.15) is 0 Å². The number of hydrogen-bond acceptors (Lipinski definition) is 12. The third-order valence-corrected chi connectivity index (χ3v) is 7.61. The quantitative estimate of drug-likeness (QED) is 0.0815. The maximum atomic E-state index is 12.2. The van der Waals surface area contributed by atoms with Gasteiger partial charge in [0.1, 0.15) is 13.2 Å². The summed E-state index contributed by atoms with van der Waals surface area (Å²) in [6.45, 7) is 0.336. The Bertz CT molecular complexity index is 1710. The second-order valence-corrected chi connectivity index (χ2v) is 11.5. The van der Waals surface area contributed by atoms with Crippen LogP contribution in [0.5, 0.6) is 11.5 Å². The number of benzene rings is 2. The molecular formula is C28H25BrN4O10S. The predicted octanol–water partition coefficient (Wildman–Crippen LogP) is 5.24. The number of aromatic nitrogens is 2. The number of carbonyl (C=O) groups is 1. The van der Waals surface area contributed by atoms with Crippen molar-refractivity contribution in [3.8, 4) is 11.5 Å². The Morgan fingerprint density at radius 3 is 1.73 bits per heavy atom. The molecule has 0 saturated heterocycles. The second kappa shape index (κ2) is 16.0. The number of nitrogens with zero attached hydrogens (tertiary/aromatic N) is 4. The van der Waals surface area contributed by atoms with Gasteiger partial charge in [0.2, 0.25) is 25.9 Å². The molecule has 2 heterocycles. The summed E-state index contributed by atoms with van der Waals surface area (Å²) in [7, 11) is -2.84. The first kappa shape index (κ1) is 33.5. The minimum Gasteiger partial charge on any atom is -0.481 e. The Kier molecular flexibility index (Phi) is 12.2. The summed E-state index contributed by atoms with van der Waals surface area (Å²) in [4.78, 5) is 39.1. The van der Waals surface area contributed by atoms with Gasteiger partial charge in [0.05, 0.1) is 19.3 Å². The van der Waals surface area contributed by atoms with E-state index in [2.05, 4.69) is 30.6 Å². The minimum atomic E-state index is -3.98. The summed E-state index contributed by atoms with van der Waals surface area (Å²) in [5.74, 6) is -2.25. The van der Waals surface area contributed by atoms with Crippen molar-refractivity contribution in [1.82, 2.24) is 9.97 Å². The summed E-state index contributed by atoms with van der Waals surface area (Å²) >= 11 is 3.09. The average Bonchev–Trinajstić information content (AvgIpc) is 3.03. The van der Waals surface area contributed by atoms with Crippen molar-refractivity contribution in [3.63, 3.8) is 0 Å². The predicted molar refractivity (Wildman–Crippen MR) is 160 cm³/mol. The number of nitro groups is 2. The zero-order valence-electron chi connectivity index (χ0n) is 23.1. The Hall–Kier alpha value is -4.96. The van der Waals surface area contributed by atoms with Crippen LogP contribution in [0, 0.1) is 20.2 Å². The van der Waals surface area contributed by atoms with Crippen LogP contribution < -0.4 is 9.47 Å². The molecule has 2 aromatic carbocycles. The molecule has 0 aliphatic heterocycles. The van der Waals surface area contributed by atoms with E-state index >= 15 is 0 Å². The summed E-state index contributed by atoms with van der Waals surface area (Å²) in [5, 5.41) is 21.5. The fourth-order valence-corrected chi connectivity index (χ4v) is 4.83. The summed E-state index contributed by atoms with van der Waals surface area (Å²) in [5.41, 5.74) is 1.73. The molecule has 0 aliphatic carbocycles. The van der Waals surface area contributed by atoms with Gasteiger partial charge in [-0.05, 0) is 43.1 Å². The maximum absolute atomic E-state index is 12.2. The number of pyridine rings is 2. The highest BCUT2D eigenvalue weighted by atomic mass is 79.9. The number of carbonyl (C=O) groups excluding carboxylic acids is 1. The van der Waals surface area contributed by atoms with Gasteiger partial charge >= 0.3 is 17.6 Å². The van der Waals surface area contributed by atoms with Crippen LogP contribution in [0.1, 0.15) is 17.5 Å². The lowest BCUT2D eigenvalue weighted by molar-refractivity contribution is -0.391. The Balaban J connectivity index is 0.000000257. The van der Waals surface area contributed by atoms with Crippen molar-refractivity contribution in [1.29, 1.82) is 0 Å². The van der Waals surface area contributed by atoms with Gasteiger partial charge in [0.15, 0.2) is 0 Å². The third kappa shape index (κ3) is 10.1. The molecule has 0 amide bonds. The first-order valence-electron chi connectivity index (χ1n) is 12.6. The van der Waals surface area contributed by atoms with Gasteiger partial charge in [0.25, 0.3) is 5.03 Å². The largest absolute Gasteiger partial charge is 0.481 e. The number of sulfone groups is 1. The van der Waals surface area contributed by atoms with Crippen molar-refractivity contribution in [3.05, 3.63) is 121 Å². The lowest BCUT2D eigenvalue weighted by atomic mass is 10.2. The molecule has 0 aliphatic rings. The van der Waals surface area contributed by atoms with Crippen LogP contribution in [0.3, 0.4) is 0 Å². The van der Waals surface area contributed by atoms with E-state index < -0.39 is 42.2 Å².